The van der Waals surface area contributed by atoms with Gasteiger partial charge in [0.2, 0.25) is 0 Å². The van der Waals surface area contributed by atoms with Crippen molar-refractivity contribution in [2.75, 3.05) is 19.7 Å². The average molecular weight is 309 g/mol. The average Bonchev–Trinajstić information content (AvgIpc) is 2.56. The molecule has 0 bridgehead atoms. The Morgan fingerprint density at radius 3 is 2.64 bits per heavy atom. The van der Waals surface area contributed by atoms with Crippen molar-refractivity contribution in [2.45, 2.75) is 90.0 Å². The van der Waals surface area contributed by atoms with E-state index in [1.807, 2.05) is 0 Å². The van der Waals surface area contributed by atoms with Crippen molar-refractivity contribution >= 4 is 5.97 Å². The van der Waals surface area contributed by atoms with Crippen LogP contribution in [0.2, 0.25) is 0 Å². The Kier molecular flexibility index (Phi) is 8.28. The Labute approximate surface area is 136 Å². The quantitative estimate of drug-likeness (QED) is 0.462. The van der Waals surface area contributed by atoms with Crippen LogP contribution in [0.15, 0.2) is 0 Å². The van der Waals surface area contributed by atoms with Gasteiger partial charge in [-0.25, -0.2) is 0 Å². The number of unbranched alkanes of at least 4 members (excludes halogenated alkanes) is 5. The SMILES string of the molecule is CCCCCCCCC(=O)OC[C@@H]1CCCN2CCCC[C@H]12. The van der Waals surface area contributed by atoms with E-state index in [1.165, 1.54) is 77.3 Å². The fourth-order valence-corrected chi connectivity index (χ4v) is 4.09. The molecule has 3 nitrogen and oxygen atoms in total. The Bertz CT molecular complexity index is 317. The largest absolute Gasteiger partial charge is 0.465 e. The second-order valence-electron chi connectivity index (χ2n) is 7.20. The van der Waals surface area contributed by atoms with Crippen LogP contribution in [0.25, 0.3) is 0 Å². The standard InChI is InChI=1S/C19H35NO2/c1-2-3-4-5-6-7-13-19(21)22-16-17-11-10-15-20-14-9-8-12-18(17)20/h17-18H,2-16H2,1H3/t17-,18+/m0/s1. The van der Waals surface area contributed by atoms with Crippen LogP contribution >= 0.6 is 0 Å². The second-order valence-corrected chi connectivity index (χ2v) is 7.20. The third-order valence-electron chi connectivity index (χ3n) is 5.42. The lowest BCUT2D eigenvalue weighted by Crippen LogP contribution is -2.49. The normalized spacial score (nSPS) is 25.7. The van der Waals surface area contributed by atoms with E-state index in [9.17, 15) is 4.79 Å². The highest BCUT2D eigenvalue weighted by molar-refractivity contribution is 5.69. The highest BCUT2D eigenvalue weighted by Gasteiger charge is 2.33. The molecule has 128 valence electrons. The number of fused-ring (bicyclic) bond motifs is 1. The van der Waals surface area contributed by atoms with Gasteiger partial charge >= 0.3 is 5.97 Å². The fraction of sp³-hybridized carbons (Fsp3) is 0.947. The van der Waals surface area contributed by atoms with Crippen molar-refractivity contribution in [3.8, 4) is 0 Å². The van der Waals surface area contributed by atoms with Crippen molar-refractivity contribution in [2.24, 2.45) is 5.92 Å². The Morgan fingerprint density at radius 2 is 1.77 bits per heavy atom. The summed E-state index contributed by atoms with van der Waals surface area (Å²) in [6, 6.07) is 0.685. The number of nitrogens with zero attached hydrogens (tertiary/aromatic N) is 1. The number of carbonyl (C=O) groups is 1. The lowest BCUT2D eigenvalue weighted by atomic mass is 9.84. The first kappa shape index (κ1) is 17.8. The van der Waals surface area contributed by atoms with E-state index in [4.69, 9.17) is 4.74 Å². The molecule has 0 amide bonds. The third kappa shape index (κ3) is 5.91. The lowest BCUT2D eigenvalue weighted by molar-refractivity contribution is -0.146. The molecule has 0 radical (unpaired) electrons. The van der Waals surface area contributed by atoms with E-state index < -0.39 is 0 Å². The van der Waals surface area contributed by atoms with Crippen LogP contribution in [0.4, 0.5) is 0 Å². The smallest absolute Gasteiger partial charge is 0.305 e. The van der Waals surface area contributed by atoms with E-state index in [-0.39, 0.29) is 5.97 Å². The molecule has 2 heterocycles. The zero-order valence-electron chi connectivity index (χ0n) is 14.5. The van der Waals surface area contributed by atoms with Crippen molar-refractivity contribution in [3.05, 3.63) is 0 Å². The van der Waals surface area contributed by atoms with E-state index >= 15 is 0 Å². The van der Waals surface area contributed by atoms with Crippen LogP contribution in [0.5, 0.6) is 0 Å². The minimum Gasteiger partial charge on any atom is -0.465 e. The van der Waals surface area contributed by atoms with E-state index in [2.05, 4.69) is 11.8 Å². The maximum Gasteiger partial charge on any atom is 0.305 e. The van der Waals surface area contributed by atoms with Crippen molar-refractivity contribution in [3.63, 3.8) is 0 Å². The number of rotatable bonds is 9. The molecule has 0 aliphatic carbocycles. The van der Waals surface area contributed by atoms with Crippen LogP contribution in [0.3, 0.4) is 0 Å². The van der Waals surface area contributed by atoms with Crippen LogP contribution < -0.4 is 0 Å². The summed E-state index contributed by atoms with van der Waals surface area (Å²) in [6.45, 7) is 5.41. The highest BCUT2D eigenvalue weighted by Crippen LogP contribution is 2.31. The van der Waals surface area contributed by atoms with Gasteiger partial charge in [0.25, 0.3) is 0 Å². The Morgan fingerprint density at radius 1 is 1.00 bits per heavy atom. The van der Waals surface area contributed by atoms with Gasteiger partial charge in [0, 0.05) is 18.4 Å². The number of hydrogen-bond donors (Lipinski definition) is 0. The zero-order valence-corrected chi connectivity index (χ0v) is 14.5. The monoisotopic (exact) mass is 309 g/mol. The minimum atomic E-state index is 0.0309. The molecule has 0 aromatic rings. The van der Waals surface area contributed by atoms with Gasteiger partial charge in [-0.05, 0) is 45.2 Å². The summed E-state index contributed by atoms with van der Waals surface area (Å²) in [5, 5.41) is 0. The topological polar surface area (TPSA) is 29.5 Å². The van der Waals surface area contributed by atoms with Crippen LogP contribution in [0.1, 0.15) is 84.0 Å². The minimum absolute atomic E-state index is 0.0309. The van der Waals surface area contributed by atoms with Gasteiger partial charge in [0.05, 0.1) is 6.61 Å². The summed E-state index contributed by atoms with van der Waals surface area (Å²) in [5.74, 6) is 0.617. The van der Waals surface area contributed by atoms with Crippen LogP contribution in [-0.4, -0.2) is 36.6 Å². The molecule has 0 unspecified atom stereocenters. The molecule has 3 heteroatoms. The highest BCUT2D eigenvalue weighted by atomic mass is 16.5. The van der Waals surface area contributed by atoms with Crippen molar-refractivity contribution in [1.82, 2.24) is 4.90 Å². The summed E-state index contributed by atoms with van der Waals surface area (Å²) in [6.07, 6.45) is 14.5. The summed E-state index contributed by atoms with van der Waals surface area (Å²) >= 11 is 0. The van der Waals surface area contributed by atoms with Crippen LogP contribution in [0, 0.1) is 5.92 Å². The molecule has 2 fully saturated rings. The molecular weight excluding hydrogens is 274 g/mol. The number of hydrogen-bond acceptors (Lipinski definition) is 3. The molecule has 2 saturated heterocycles. The first-order valence-electron chi connectivity index (χ1n) is 9.71. The number of piperidine rings is 2. The molecule has 0 aromatic carbocycles. The summed E-state index contributed by atoms with van der Waals surface area (Å²) in [4.78, 5) is 14.5. The number of carbonyl (C=O) groups excluding carboxylic acids is 1. The van der Waals surface area contributed by atoms with E-state index in [0.29, 0.717) is 25.0 Å². The van der Waals surface area contributed by atoms with Crippen molar-refractivity contribution in [1.29, 1.82) is 0 Å². The lowest BCUT2D eigenvalue weighted by Gasteiger charge is -2.44. The van der Waals surface area contributed by atoms with Gasteiger partial charge in [-0.1, -0.05) is 45.4 Å². The van der Waals surface area contributed by atoms with E-state index in [1.54, 1.807) is 0 Å². The van der Waals surface area contributed by atoms with Crippen molar-refractivity contribution < 1.29 is 9.53 Å². The molecule has 0 spiro atoms. The molecular formula is C19H35NO2. The van der Waals surface area contributed by atoms with Gasteiger partial charge < -0.3 is 4.74 Å². The second kappa shape index (κ2) is 10.3. The maximum absolute atomic E-state index is 11.9. The maximum atomic E-state index is 11.9. The van der Waals surface area contributed by atoms with E-state index in [0.717, 1.165) is 6.42 Å². The molecule has 2 atom stereocenters. The molecule has 2 aliphatic heterocycles. The summed E-state index contributed by atoms with van der Waals surface area (Å²) < 4.78 is 5.59. The van der Waals surface area contributed by atoms with Gasteiger partial charge in [0.1, 0.15) is 0 Å². The molecule has 0 N–H and O–H groups in total. The Balaban J connectivity index is 1.57. The number of ether oxygens (including phenoxy) is 1. The summed E-state index contributed by atoms with van der Waals surface area (Å²) in [5.41, 5.74) is 0. The predicted molar refractivity (Wildman–Crippen MR) is 90.9 cm³/mol. The molecule has 2 rings (SSSR count). The first-order chi connectivity index (χ1) is 10.8. The Hall–Kier alpha value is -0.570. The third-order valence-corrected chi connectivity index (χ3v) is 5.42. The molecule has 0 saturated carbocycles. The van der Waals surface area contributed by atoms with Gasteiger partial charge in [-0.3, -0.25) is 9.69 Å². The van der Waals surface area contributed by atoms with Gasteiger partial charge in [-0.2, -0.15) is 0 Å². The van der Waals surface area contributed by atoms with Gasteiger partial charge in [-0.15, -0.1) is 0 Å². The fourth-order valence-electron chi connectivity index (χ4n) is 4.09. The first-order valence-corrected chi connectivity index (χ1v) is 9.71. The van der Waals surface area contributed by atoms with Crippen LogP contribution in [-0.2, 0) is 9.53 Å². The molecule has 0 aromatic heterocycles. The molecule has 2 aliphatic rings. The predicted octanol–water partition coefficient (Wildman–Crippen LogP) is 4.54. The van der Waals surface area contributed by atoms with Gasteiger partial charge in [0.15, 0.2) is 0 Å². The number of esters is 1. The summed E-state index contributed by atoms with van der Waals surface area (Å²) in [7, 11) is 0. The molecule has 22 heavy (non-hydrogen) atoms. The zero-order chi connectivity index (χ0) is 15.6.